The maximum atomic E-state index is 12.8. The molecule has 7 heteroatoms. The van der Waals surface area contributed by atoms with Gasteiger partial charge in [-0.15, -0.1) is 0 Å². The van der Waals surface area contributed by atoms with Crippen LogP contribution in [0.15, 0.2) is 39.7 Å². The lowest BCUT2D eigenvalue weighted by Gasteiger charge is -2.11. The predicted octanol–water partition coefficient (Wildman–Crippen LogP) is 2.61. The van der Waals surface area contributed by atoms with Gasteiger partial charge in [-0.3, -0.25) is 4.79 Å². The van der Waals surface area contributed by atoms with Crippen LogP contribution in [0.2, 0.25) is 0 Å². The standard InChI is InChI=1S/C17H12O7/c1-21-16-9(2-3-12-17(16)24-7-23-12)10-6-22-13-5-8(18)4-11(19)14(13)15(10)20/h2-6,18-19H,7H2,1H3. The third kappa shape index (κ3) is 1.95. The topological polar surface area (TPSA) is 98.4 Å². The van der Waals surface area contributed by atoms with Crippen molar-refractivity contribution < 1.29 is 28.8 Å². The Balaban J connectivity index is 2.02. The van der Waals surface area contributed by atoms with Gasteiger partial charge >= 0.3 is 0 Å². The van der Waals surface area contributed by atoms with Gasteiger partial charge in [0.2, 0.25) is 18.0 Å². The van der Waals surface area contributed by atoms with Gasteiger partial charge in [0.15, 0.2) is 11.5 Å². The minimum Gasteiger partial charge on any atom is -0.508 e. The molecule has 4 rings (SSSR count). The van der Waals surface area contributed by atoms with E-state index in [0.29, 0.717) is 22.8 Å². The number of methoxy groups -OCH3 is 1. The minimum atomic E-state index is -0.453. The van der Waals surface area contributed by atoms with Gasteiger partial charge in [0.05, 0.1) is 12.7 Å². The zero-order valence-corrected chi connectivity index (χ0v) is 12.5. The van der Waals surface area contributed by atoms with Crippen LogP contribution in [0.25, 0.3) is 22.1 Å². The van der Waals surface area contributed by atoms with Crippen molar-refractivity contribution in [3.8, 4) is 39.9 Å². The van der Waals surface area contributed by atoms with Crippen molar-refractivity contribution >= 4 is 11.0 Å². The maximum absolute atomic E-state index is 12.8. The smallest absolute Gasteiger partial charge is 0.231 e. The quantitative estimate of drug-likeness (QED) is 0.746. The predicted molar refractivity (Wildman–Crippen MR) is 83.9 cm³/mol. The molecule has 24 heavy (non-hydrogen) atoms. The number of benzene rings is 2. The summed E-state index contributed by atoms with van der Waals surface area (Å²) in [6, 6.07) is 5.67. The van der Waals surface area contributed by atoms with Crippen LogP contribution in [0.1, 0.15) is 0 Å². The molecule has 1 aliphatic heterocycles. The van der Waals surface area contributed by atoms with Crippen LogP contribution in [0.3, 0.4) is 0 Å². The fourth-order valence-corrected chi connectivity index (χ4v) is 2.77. The summed E-state index contributed by atoms with van der Waals surface area (Å²) < 4.78 is 21.5. The summed E-state index contributed by atoms with van der Waals surface area (Å²) in [5.74, 6) is 0.713. The van der Waals surface area contributed by atoms with E-state index in [1.165, 1.54) is 19.4 Å². The van der Waals surface area contributed by atoms with E-state index in [4.69, 9.17) is 18.6 Å². The Kier molecular flexibility index (Phi) is 3.02. The molecule has 0 bridgehead atoms. The van der Waals surface area contributed by atoms with Crippen molar-refractivity contribution in [3.63, 3.8) is 0 Å². The van der Waals surface area contributed by atoms with E-state index in [-0.39, 0.29) is 34.8 Å². The Morgan fingerprint density at radius 3 is 2.75 bits per heavy atom. The highest BCUT2D eigenvalue weighted by Crippen LogP contribution is 2.46. The molecule has 7 nitrogen and oxygen atoms in total. The van der Waals surface area contributed by atoms with Crippen LogP contribution >= 0.6 is 0 Å². The van der Waals surface area contributed by atoms with Crippen molar-refractivity contribution in [1.29, 1.82) is 0 Å². The summed E-state index contributed by atoms with van der Waals surface area (Å²) in [6.07, 6.45) is 1.25. The van der Waals surface area contributed by atoms with Crippen molar-refractivity contribution in [2.24, 2.45) is 0 Å². The molecular weight excluding hydrogens is 316 g/mol. The lowest BCUT2D eigenvalue weighted by Crippen LogP contribution is -2.06. The summed E-state index contributed by atoms with van der Waals surface area (Å²) in [6.45, 7) is 0.0710. The molecule has 0 radical (unpaired) electrons. The second-order valence-electron chi connectivity index (χ2n) is 5.20. The fraction of sp³-hybridized carbons (Fsp3) is 0.118. The second kappa shape index (κ2) is 5.09. The zero-order chi connectivity index (χ0) is 16.8. The average Bonchev–Trinajstić information content (AvgIpc) is 3.02. The first-order valence-corrected chi connectivity index (χ1v) is 7.04. The molecule has 0 saturated heterocycles. The molecule has 1 aromatic heterocycles. The average molecular weight is 328 g/mol. The van der Waals surface area contributed by atoms with E-state index in [9.17, 15) is 15.0 Å². The van der Waals surface area contributed by atoms with Crippen molar-refractivity contribution in [2.75, 3.05) is 13.9 Å². The highest BCUT2D eigenvalue weighted by Gasteiger charge is 2.24. The maximum Gasteiger partial charge on any atom is 0.231 e. The zero-order valence-electron chi connectivity index (χ0n) is 12.5. The van der Waals surface area contributed by atoms with E-state index >= 15 is 0 Å². The Morgan fingerprint density at radius 2 is 1.96 bits per heavy atom. The largest absolute Gasteiger partial charge is 0.508 e. The van der Waals surface area contributed by atoms with Crippen LogP contribution < -0.4 is 19.6 Å². The van der Waals surface area contributed by atoms with Gasteiger partial charge in [-0.2, -0.15) is 0 Å². The van der Waals surface area contributed by atoms with Crippen LogP contribution in [0.5, 0.6) is 28.7 Å². The lowest BCUT2D eigenvalue weighted by molar-refractivity contribution is 0.171. The number of phenols is 2. The molecule has 2 N–H and O–H groups in total. The molecule has 0 amide bonds. The molecule has 0 saturated carbocycles. The first-order chi connectivity index (χ1) is 11.6. The highest BCUT2D eigenvalue weighted by atomic mass is 16.7. The van der Waals surface area contributed by atoms with Gasteiger partial charge in [-0.25, -0.2) is 0 Å². The second-order valence-corrected chi connectivity index (χ2v) is 5.20. The third-order valence-electron chi connectivity index (χ3n) is 3.83. The number of hydrogen-bond acceptors (Lipinski definition) is 7. The minimum absolute atomic E-state index is 0.0231. The Labute approximate surface area is 135 Å². The monoisotopic (exact) mass is 328 g/mol. The number of aromatic hydroxyl groups is 2. The molecule has 0 spiro atoms. The summed E-state index contributed by atoms with van der Waals surface area (Å²) in [5, 5.41) is 19.5. The van der Waals surface area contributed by atoms with E-state index in [0.717, 1.165) is 6.07 Å². The number of phenolic OH excluding ortho intramolecular Hbond substituents is 2. The summed E-state index contributed by atoms with van der Waals surface area (Å²) in [4.78, 5) is 12.8. The van der Waals surface area contributed by atoms with E-state index in [1.807, 2.05) is 0 Å². The van der Waals surface area contributed by atoms with E-state index in [1.54, 1.807) is 12.1 Å². The molecule has 2 aromatic carbocycles. The Bertz CT molecular complexity index is 1020. The number of hydrogen-bond donors (Lipinski definition) is 2. The van der Waals surface area contributed by atoms with Crippen LogP contribution in [-0.2, 0) is 0 Å². The highest BCUT2D eigenvalue weighted by molar-refractivity contribution is 5.89. The molecule has 0 aliphatic carbocycles. The van der Waals surface area contributed by atoms with Gasteiger partial charge in [0.25, 0.3) is 0 Å². The van der Waals surface area contributed by atoms with E-state index in [2.05, 4.69) is 0 Å². The van der Waals surface area contributed by atoms with Crippen molar-refractivity contribution in [1.82, 2.24) is 0 Å². The third-order valence-corrected chi connectivity index (χ3v) is 3.83. The van der Waals surface area contributed by atoms with Crippen LogP contribution in [0.4, 0.5) is 0 Å². The number of fused-ring (bicyclic) bond motifs is 2. The molecule has 0 atom stereocenters. The van der Waals surface area contributed by atoms with Gasteiger partial charge in [-0.1, -0.05) is 0 Å². The van der Waals surface area contributed by atoms with Crippen molar-refractivity contribution in [3.05, 3.63) is 40.8 Å². The molecule has 0 fully saturated rings. The van der Waals surface area contributed by atoms with Gasteiger partial charge in [-0.05, 0) is 12.1 Å². The number of ether oxygens (including phenoxy) is 3. The first kappa shape index (κ1) is 14.3. The molecule has 2 heterocycles. The Hall–Kier alpha value is -3.35. The molecule has 1 aliphatic rings. The normalized spacial score (nSPS) is 12.5. The SMILES string of the molecule is COc1c(-c2coc3cc(O)cc(O)c3c2=O)ccc2c1OCO2. The van der Waals surface area contributed by atoms with Crippen LogP contribution in [-0.4, -0.2) is 24.1 Å². The molecular formula is C17H12O7. The van der Waals surface area contributed by atoms with Gasteiger partial charge < -0.3 is 28.8 Å². The Morgan fingerprint density at radius 1 is 1.12 bits per heavy atom. The molecule has 3 aromatic rings. The molecule has 122 valence electrons. The summed E-state index contributed by atoms with van der Waals surface area (Å²) >= 11 is 0. The van der Waals surface area contributed by atoms with Gasteiger partial charge in [0, 0.05) is 17.7 Å². The van der Waals surface area contributed by atoms with Gasteiger partial charge in [0.1, 0.15) is 28.7 Å². The summed E-state index contributed by atoms with van der Waals surface area (Å²) in [5.41, 5.74) is 0.274. The fourth-order valence-electron chi connectivity index (χ4n) is 2.77. The first-order valence-electron chi connectivity index (χ1n) is 7.04. The van der Waals surface area contributed by atoms with E-state index < -0.39 is 5.43 Å². The molecule has 0 unspecified atom stereocenters. The lowest BCUT2D eigenvalue weighted by atomic mass is 10.0. The summed E-state index contributed by atoms with van der Waals surface area (Å²) in [7, 11) is 1.46. The van der Waals surface area contributed by atoms with Crippen molar-refractivity contribution in [2.45, 2.75) is 0 Å². The van der Waals surface area contributed by atoms with Crippen LogP contribution in [0, 0.1) is 0 Å². The number of rotatable bonds is 2.